The molecule has 0 aliphatic carbocycles. The first kappa shape index (κ1) is 18.6. The second kappa shape index (κ2) is 8.07. The summed E-state index contributed by atoms with van der Waals surface area (Å²) in [6, 6.07) is 11.6. The van der Waals surface area contributed by atoms with E-state index in [0.717, 1.165) is 21.6 Å². The van der Waals surface area contributed by atoms with Gasteiger partial charge in [-0.2, -0.15) is 0 Å². The van der Waals surface area contributed by atoms with Crippen LogP contribution in [-0.4, -0.2) is 35.9 Å². The van der Waals surface area contributed by atoms with Gasteiger partial charge in [0.15, 0.2) is 16.1 Å². The number of pyridine rings is 1. The highest BCUT2D eigenvalue weighted by molar-refractivity contribution is 8.00. The molecule has 1 amide bonds. The number of carbonyl (C=O) groups excluding carboxylic acids is 1. The number of rotatable bonds is 6. The lowest BCUT2D eigenvalue weighted by atomic mass is 10.3. The van der Waals surface area contributed by atoms with Crippen LogP contribution in [0.3, 0.4) is 0 Å². The Balaban J connectivity index is 1.49. The van der Waals surface area contributed by atoms with Crippen molar-refractivity contribution in [3.8, 4) is 11.4 Å². The number of para-hydroxylation sites is 1. The molecule has 9 heteroatoms. The first-order chi connectivity index (χ1) is 13.7. The minimum atomic E-state index is -0.344. The van der Waals surface area contributed by atoms with E-state index in [2.05, 4.69) is 25.5 Å². The third-order valence-corrected chi connectivity index (χ3v) is 6.16. The zero-order valence-corrected chi connectivity index (χ0v) is 17.0. The van der Waals surface area contributed by atoms with Crippen molar-refractivity contribution >= 4 is 44.4 Å². The zero-order valence-electron chi connectivity index (χ0n) is 15.4. The molecule has 0 fully saturated rings. The summed E-state index contributed by atoms with van der Waals surface area (Å²) in [5.74, 6) is 0.634. The van der Waals surface area contributed by atoms with E-state index in [1.165, 1.54) is 23.1 Å². The summed E-state index contributed by atoms with van der Waals surface area (Å²) >= 11 is 2.84. The van der Waals surface area contributed by atoms with Crippen LogP contribution < -0.4 is 5.32 Å². The van der Waals surface area contributed by atoms with E-state index in [1.807, 2.05) is 54.8 Å². The van der Waals surface area contributed by atoms with Crippen LogP contribution in [0.5, 0.6) is 0 Å². The molecular weight excluding hydrogens is 392 g/mol. The SMILES string of the molecule is CCn1c(SC(C)C(=O)Nc2nc3ccccc3s2)nnc1-c1cccnc1. The van der Waals surface area contributed by atoms with Gasteiger partial charge in [-0.15, -0.1) is 10.2 Å². The fourth-order valence-electron chi connectivity index (χ4n) is 2.71. The number of carbonyl (C=O) groups is 1. The second-order valence-corrected chi connectivity index (χ2v) is 8.37. The van der Waals surface area contributed by atoms with Gasteiger partial charge in [-0.05, 0) is 38.1 Å². The van der Waals surface area contributed by atoms with Crippen LogP contribution in [0.4, 0.5) is 5.13 Å². The van der Waals surface area contributed by atoms with Crippen molar-refractivity contribution in [3.05, 3.63) is 48.8 Å². The van der Waals surface area contributed by atoms with Crippen LogP contribution >= 0.6 is 23.1 Å². The molecule has 1 N–H and O–H groups in total. The fourth-order valence-corrected chi connectivity index (χ4v) is 4.50. The molecule has 0 saturated carbocycles. The van der Waals surface area contributed by atoms with E-state index in [1.54, 1.807) is 12.4 Å². The van der Waals surface area contributed by atoms with Gasteiger partial charge in [0.1, 0.15) is 0 Å². The quantitative estimate of drug-likeness (QED) is 0.482. The summed E-state index contributed by atoms with van der Waals surface area (Å²) in [5, 5.41) is 12.4. The number of benzene rings is 1. The molecule has 4 aromatic rings. The van der Waals surface area contributed by atoms with E-state index in [4.69, 9.17) is 0 Å². The highest BCUT2D eigenvalue weighted by Gasteiger charge is 2.21. The third-order valence-electron chi connectivity index (χ3n) is 4.13. The van der Waals surface area contributed by atoms with Crippen LogP contribution in [0.1, 0.15) is 13.8 Å². The highest BCUT2D eigenvalue weighted by atomic mass is 32.2. The first-order valence-corrected chi connectivity index (χ1v) is 10.5. The second-order valence-electron chi connectivity index (χ2n) is 6.03. The van der Waals surface area contributed by atoms with Crippen molar-refractivity contribution in [2.24, 2.45) is 0 Å². The Labute approximate surface area is 170 Å². The molecule has 3 aromatic heterocycles. The number of nitrogens with one attached hydrogen (secondary N) is 1. The largest absolute Gasteiger partial charge is 0.302 e. The normalized spacial score (nSPS) is 12.2. The van der Waals surface area contributed by atoms with Crippen LogP contribution in [0.2, 0.25) is 0 Å². The van der Waals surface area contributed by atoms with Gasteiger partial charge < -0.3 is 9.88 Å². The van der Waals surface area contributed by atoms with E-state index < -0.39 is 0 Å². The molecule has 142 valence electrons. The van der Waals surface area contributed by atoms with Crippen molar-refractivity contribution in [2.45, 2.75) is 30.8 Å². The van der Waals surface area contributed by atoms with E-state index in [0.29, 0.717) is 16.8 Å². The summed E-state index contributed by atoms with van der Waals surface area (Å²) in [4.78, 5) is 21.2. The molecule has 0 radical (unpaired) electrons. The number of hydrogen-bond acceptors (Lipinski definition) is 7. The van der Waals surface area contributed by atoms with Gasteiger partial charge in [0.25, 0.3) is 0 Å². The summed E-state index contributed by atoms with van der Waals surface area (Å²) in [5.41, 5.74) is 1.78. The topological polar surface area (TPSA) is 85.6 Å². The van der Waals surface area contributed by atoms with Crippen molar-refractivity contribution in [2.75, 3.05) is 5.32 Å². The lowest BCUT2D eigenvalue weighted by Crippen LogP contribution is -2.22. The highest BCUT2D eigenvalue weighted by Crippen LogP contribution is 2.29. The van der Waals surface area contributed by atoms with Crippen LogP contribution in [-0.2, 0) is 11.3 Å². The molecule has 0 aliphatic heterocycles. The minimum absolute atomic E-state index is 0.113. The van der Waals surface area contributed by atoms with Gasteiger partial charge in [-0.3, -0.25) is 9.78 Å². The minimum Gasteiger partial charge on any atom is -0.302 e. The van der Waals surface area contributed by atoms with Gasteiger partial charge in [-0.25, -0.2) is 4.98 Å². The Morgan fingerprint density at radius 2 is 2.11 bits per heavy atom. The molecule has 3 heterocycles. The zero-order chi connectivity index (χ0) is 19.5. The monoisotopic (exact) mass is 410 g/mol. The summed E-state index contributed by atoms with van der Waals surface area (Å²) < 4.78 is 3.04. The number of nitrogens with zero attached hydrogens (tertiary/aromatic N) is 5. The standard InChI is InChI=1S/C19H18N6OS2/c1-3-25-16(13-7-6-10-20-11-13)23-24-19(25)27-12(2)17(26)22-18-21-14-8-4-5-9-15(14)28-18/h4-12H,3H2,1-2H3,(H,21,22,26). The Morgan fingerprint density at radius 1 is 1.25 bits per heavy atom. The lowest BCUT2D eigenvalue weighted by Gasteiger charge is -2.11. The molecule has 1 unspecified atom stereocenters. The number of amides is 1. The van der Waals surface area contributed by atoms with Gasteiger partial charge in [-0.1, -0.05) is 35.2 Å². The predicted octanol–water partition coefficient (Wildman–Crippen LogP) is 4.09. The lowest BCUT2D eigenvalue weighted by molar-refractivity contribution is -0.115. The van der Waals surface area contributed by atoms with Crippen LogP contribution in [0.25, 0.3) is 21.6 Å². The maximum Gasteiger partial charge on any atom is 0.239 e. The molecule has 0 spiro atoms. The van der Waals surface area contributed by atoms with Gasteiger partial charge in [0.05, 0.1) is 15.5 Å². The Kier molecular flexibility index (Phi) is 5.36. The smallest absolute Gasteiger partial charge is 0.239 e. The number of aromatic nitrogens is 5. The Hall–Kier alpha value is -2.78. The van der Waals surface area contributed by atoms with Gasteiger partial charge in [0.2, 0.25) is 5.91 Å². The molecule has 0 bridgehead atoms. The summed E-state index contributed by atoms with van der Waals surface area (Å²) in [6.07, 6.45) is 3.48. The number of fused-ring (bicyclic) bond motifs is 1. The van der Waals surface area contributed by atoms with E-state index in [9.17, 15) is 4.79 Å². The number of thioether (sulfide) groups is 1. The van der Waals surface area contributed by atoms with Crippen LogP contribution in [0.15, 0.2) is 53.9 Å². The van der Waals surface area contributed by atoms with Gasteiger partial charge in [0, 0.05) is 24.5 Å². The van der Waals surface area contributed by atoms with E-state index >= 15 is 0 Å². The third kappa shape index (κ3) is 3.76. The predicted molar refractivity (Wildman–Crippen MR) is 112 cm³/mol. The number of thiazole rings is 1. The first-order valence-electron chi connectivity index (χ1n) is 8.82. The van der Waals surface area contributed by atoms with Crippen molar-refractivity contribution in [3.63, 3.8) is 0 Å². The van der Waals surface area contributed by atoms with E-state index in [-0.39, 0.29) is 11.2 Å². The Morgan fingerprint density at radius 3 is 2.86 bits per heavy atom. The van der Waals surface area contributed by atoms with Gasteiger partial charge >= 0.3 is 0 Å². The maximum atomic E-state index is 12.6. The molecule has 28 heavy (non-hydrogen) atoms. The average Bonchev–Trinajstić information content (AvgIpc) is 3.31. The maximum absolute atomic E-state index is 12.6. The molecule has 7 nitrogen and oxygen atoms in total. The summed E-state index contributed by atoms with van der Waals surface area (Å²) in [7, 11) is 0. The summed E-state index contributed by atoms with van der Waals surface area (Å²) in [6.45, 7) is 4.58. The van der Waals surface area contributed by atoms with Crippen LogP contribution in [0, 0.1) is 0 Å². The van der Waals surface area contributed by atoms with Crippen molar-refractivity contribution in [1.29, 1.82) is 0 Å². The Bertz CT molecular complexity index is 1080. The molecule has 4 rings (SSSR count). The average molecular weight is 411 g/mol. The number of anilines is 1. The molecule has 0 aliphatic rings. The number of hydrogen-bond donors (Lipinski definition) is 1. The van der Waals surface area contributed by atoms with Crippen molar-refractivity contribution in [1.82, 2.24) is 24.7 Å². The molecule has 0 saturated heterocycles. The molecule has 1 aromatic carbocycles. The van der Waals surface area contributed by atoms with Crippen molar-refractivity contribution < 1.29 is 4.79 Å². The fraction of sp³-hybridized carbons (Fsp3) is 0.211. The molecule has 1 atom stereocenters. The molecular formula is C19H18N6OS2.